The first-order valence-corrected chi connectivity index (χ1v) is 4.38. The van der Waals surface area contributed by atoms with E-state index in [1.165, 1.54) is 0 Å². The van der Waals surface area contributed by atoms with Gasteiger partial charge in [0.2, 0.25) is 0 Å². The predicted octanol–water partition coefficient (Wildman–Crippen LogP) is 2.43. The molecule has 3 nitrogen and oxygen atoms in total. The molecule has 2 heterocycles. The van der Waals surface area contributed by atoms with E-state index in [1.54, 1.807) is 6.20 Å². The first kappa shape index (κ1) is 9.67. The maximum atomic E-state index is 4.19. The van der Waals surface area contributed by atoms with Gasteiger partial charge in [0.15, 0.2) is 0 Å². The molecule has 2 aromatic heterocycles. The minimum Gasteiger partial charge on any atom is -0.279 e. The van der Waals surface area contributed by atoms with Gasteiger partial charge in [-0.15, -0.1) is 17.0 Å². The van der Waals surface area contributed by atoms with Gasteiger partial charge in [-0.1, -0.05) is 15.9 Å². The summed E-state index contributed by atoms with van der Waals surface area (Å²) in [6.07, 6.45) is 1.77. The fourth-order valence-corrected chi connectivity index (χ4v) is 1.38. The van der Waals surface area contributed by atoms with Gasteiger partial charge in [-0.05, 0) is 12.1 Å². The van der Waals surface area contributed by atoms with Crippen LogP contribution >= 0.6 is 32.9 Å². The summed E-state index contributed by atoms with van der Waals surface area (Å²) >= 11 is 3.35. The van der Waals surface area contributed by atoms with Crippen molar-refractivity contribution in [1.82, 2.24) is 15.2 Å². The Labute approximate surface area is 88.5 Å². The van der Waals surface area contributed by atoms with Crippen molar-refractivity contribution in [3.05, 3.63) is 24.0 Å². The van der Waals surface area contributed by atoms with E-state index in [0.29, 0.717) is 0 Å². The maximum absolute atomic E-state index is 4.19. The third-order valence-corrected chi connectivity index (χ3v) is 2.08. The number of nitrogens with zero attached hydrogens (tertiary/aromatic N) is 2. The van der Waals surface area contributed by atoms with Crippen LogP contribution in [0.4, 0.5) is 0 Å². The number of pyridine rings is 1. The van der Waals surface area contributed by atoms with Crippen LogP contribution in [-0.4, -0.2) is 15.2 Å². The zero-order valence-electron chi connectivity index (χ0n) is 6.12. The molecule has 0 bridgehead atoms. The van der Waals surface area contributed by atoms with Crippen molar-refractivity contribution in [3.8, 4) is 0 Å². The van der Waals surface area contributed by atoms with Gasteiger partial charge in [-0.2, -0.15) is 5.10 Å². The highest BCUT2D eigenvalue weighted by molar-refractivity contribution is 9.08. The van der Waals surface area contributed by atoms with E-state index >= 15 is 0 Å². The number of nitrogens with one attached hydrogen (secondary N) is 1. The number of aromatic nitrogens is 3. The molecule has 0 aliphatic heterocycles. The molecule has 0 amide bonds. The van der Waals surface area contributed by atoms with Crippen molar-refractivity contribution >= 4 is 43.9 Å². The average molecular weight is 293 g/mol. The Morgan fingerprint density at radius 2 is 2.33 bits per heavy atom. The number of rotatable bonds is 1. The summed E-state index contributed by atoms with van der Waals surface area (Å²) in [6.45, 7) is 0. The third kappa shape index (κ3) is 1.51. The Morgan fingerprint density at radius 1 is 1.50 bits per heavy atom. The summed E-state index contributed by atoms with van der Waals surface area (Å²) in [5, 5.41) is 7.74. The lowest BCUT2D eigenvalue weighted by molar-refractivity contribution is 1.06. The standard InChI is InChI=1S/C7H6BrN3.BrH/c8-4-6-7-5(10-11-6)2-1-3-9-7;/h1-3H,4H2,(H,10,11);1H. The fourth-order valence-electron chi connectivity index (χ4n) is 0.993. The molecule has 5 heteroatoms. The van der Waals surface area contributed by atoms with Crippen molar-refractivity contribution in [3.63, 3.8) is 0 Å². The third-order valence-electron chi connectivity index (χ3n) is 1.52. The molecule has 0 aromatic carbocycles. The number of aromatic amines is 1. The van der Waals surface area contributed by atoms with E-state index in [-0.39, 0.29) is 17.0 Å². The van der Waals surface area contributed by atoms with Crippen LogP contribution in [0.2, 0.25) is 0 Å². The monoisotopic (exact) mass is 291 g/mol. The highest BCUT2D eigenvalue weighted by Gasteiger charge is 2.02. The van der Waals surface area contributed by atoms with Crippen LogP contribution in [0.15, 0.2) is 18.3 Å². The zero-order valence-corrected chi connectivity index (χ0v) is 9.42. The topological polar surface area (TPSA) is 41.6 Å². The minimum atomic E-state index is 0. The molecular weight excluding hydrogens is 286 g/mol. The molecule has 0 radical (unpaired) electrons. The highest BCUT2D eigenvalue weighted by Crippen LogP contribution is 2.13. The number of fused-ring (bicyclic) bond motifs is 1. The Bertz CT molecular complexity index is 371. The molecule has 0 aliphatic rings. The first-order valence-electron chi connectivity index (χ1n) is 3.26. The Hall–Kier alpha value is -0.420. The largest absolute Gasteiger partial charge is 0.279 e. The van der Waals surface area contributed by atoms with E-state index in [9.17, 15) is 0 Å². The van der Waals surface area contributed by atoms with Crippen LogP contribution in [-0.2, 0) is 5.33 Å². The normalized spacial score (nSPS) is 9.75. The van der Waals surface area contributed by atoms with Crippen molar-refractivity contribution in [2.75, 3.05) is 0 Å². The summed E-state index contributed by atoms with van der Waals surface area (Å²) < 4.78 is 0. The van der Waals surface area contributed by atoms with Gasteiger partial charge in [-0.25, -0.2) is 0 Å². The Balaban J connectivity index is 0.000000720. The van der Waals surface area contributed by atoms with Gasteiger partial charge in [0.1, 0.15) is 11.0 Å². The number of H-pyrrole nitrogens is 1. The quantitative estimate of drug-likeness (QED) is 0.820. The van der Waals surface area contributed by atoms with E-state index in [4.69, 9.17) is 0 Å². The van der Waals surface area contributed by atoms with Crippen LogP contribution in [0.3, 0.4) is 0 Å². The summed E-state index contributed by atoms with van der Waals surface area (Å²) in [6, 6.07) is 3.81. The second kappa shape index (κ2) is 4.00. The van der Waals surface area contributed by atoms with Crippen LogP contribution in [0.25, 0.3) is 11.0 Å². The number of hydrogen-bond donors (Lipinski definition) is 1. The summed E-state index contributed by atoms with van der Waals surface area (Å²) in [4.78, 5) is 4.19. The van der Waals surface area contributed by atoms with Crippen molar-refractivity contribution in [2.45, 2.75) is 5.33 Å². The summed E-state index contributed by atoms with van der Waals surface area (Å²) in [7, 11) is 0. The van der Waals surface area contributed by atoms with Crippen molar-refractivity contribution < 1.29 is 0 Å². The minimum absolute atomic E-state index is 0. The van der Waals surface area contributed by atoms with E-state index in [2.05, 4.69) is 31.1 Å². The van der Waals surface area contributed by atoms with E-state index in [1.807, 2.05) is 12.1 Å². The molecule has 0 spiro atoms. The Kier molecular flexibility index (Phi) is 3.22. The van der Waals surface area contributed by atoms with Crippen LogP contribution in [0.1, 0.15) is 5.69 Å². The van der Waals surface area contributed by atoms with Crippen molar-refractivity contribution in [1.29, 1.82) is 0 Å². The average Bonchev–Trinajstić information content (AvgIpc) is 2.47. The van der Waals surface area contributed by atoms with Crippen molar-refractivity contribution in [2.24, 2.45) is 0 Å². The smallest absolute Gasteiger partial charge is 0.112 e. The lowest BCUT2D eigenvalue weighted by Gasteiger charge is -1.87. The molecule has 0 fully saturated rings. The second-order valence-electron chi connectivity index (χ2n) is 2.21. The van der Waals surface area contributed by atoms with Crippen LogP contribution < -0.4 is 0 Å². The molecule has 12 heavy (non-hydrogen) atoms. The van der Waals surface area contributed by atoms with Gasteiger partial charge >= 0.3 is 0 Å². The lowest BCUT2D eigenvalue weighted by atomic mass is 10.3. The predicted molar refractivity (Wildman–Crippen MR) is 56.8 cm³/mol. The van der Waals surface area contributed by atoms with Gasteiger partial charge in [0.05, 0.1) is 5.69 Å². The molecule has 2 aromatic rings. The molecule has 0 aliphatic carbocycles. The fraction of sp³-hybridized carbons (Fsp3) is 0.143. The lowest BCUT2D eigenvalue weighted by Crippen LogP contribution is -1.78. The number of alkyl halides is 1. The summed E-state index contributed by atoms with van der Waals surface area (Å²) in [5.74, 6) is 0. The highest BCUT2D eigenvalue weighted by atomic mass is 79.9. The van der Waals surface area contributed by atoms with Gasteiger partial charge in [-0.3, -0.25) is 10.1 Å². The van der Waals surface area contributed by atoms with E-state index in [0.717, 1.165) is 22.1 Å². The molecular formula is C7H7Br2N3. The van der Waals surface area contributed by atoms with Gasteiger partial charge in [0, 0.05) is 11.5 Å². The molecule has 0 saturated carbocycles. The molecule has 64 valence electrons. The van der Waals surface area contributed by atoms with Crippen LogP contribution in [0, 0.1) is 0 Å². The Morgan fingerprint density at radius 3 is 3.08 bits per heavy atom. The van der Waals surface area contributed by atoms with Gasteiger partial charge < -0.3 is 0 Å². The maximum Gasteiger partial charge on any atom is 0.112 e. The van der Waals surface area contributed by atoms with E-state index < -0.39 is 0 Å². The molecule has 2 rings (SSSR count). The number of hydrogen-bond acceptors (Lipinski definition) is 2. The molecule has 0 unspecified atom stereocenters. The van der Waals surface area contributed by atoms with Gasteiger partial charge in [0.25, 0.3) is 0 Å². The molecule has 0 atom stereocenters. The molecule has 0 saturated heterocycles. The van der Waals surface area contributed by atoms with Crippen LogP contribution in [0.5, 0.6) is 0 Å². The second-order valence-corrected chi connectivity index (χ2v) is 2.77. The SMILES string of the molecule is Br.BrCc1[nH]nc2cccnc12. The molecule has 1 N–H and O–H groups in total. The number of halogens is 2. The zero-order chi connectivity index (χ0) is 7.68. The summed E-state index contributed by atoms with van der Waals surface area (Å²) in [5.41, 5.74) is 2.90. The first-order chi connectivity index (χ1) is 5.42.